The van der Waals surface area contributed by atoms with E-state index in [-0.39, 0.29) is 6.03 Å². The molecule has 2 rings (SSSR count). The maximum absolute atomic E-state index is 12.5. The van der Waals surface area contributed by atoms with Crippen LogP contribution in [0, 0.1) is 12.8 Å². The van der Waals surface area contributed by atoms with Gasteiger partial charge in [-0.05, 0) is 36.6 Å². The van der Waals surface area contributed by atoms with Crippen molar-refractivity contribution in [3.63, 3.8) is 0 Å². The van der Waals surface area contributed by atoms with Crippen molar-refractivity contribution >= 4 is 11.7 Å². The number of benzene rings is 1. The molecule has 7 nitrogen and oxygen atoms in total. The van der Waals surface area contributed by atoms with Gasteiger partial charge in [0.15, 0.2) is 11.5 Å². The lowest BCUT2D eigenvalue weighted by molar-refractivity contribution is 0.150. The number of hydrogen-bond acceptors (Lipinski definition) is 5. The highest BCUT2D eigenvalue weighted by atomic mass is 16.5. The lowest BCUT2D eigenvalue weighted by Gasteiger charge is -2.24. The summed E-state index contributed by atoms with van der Waals surface area (Å²) in [5.74, 6) is 2.00. The van der Waals surface area contributed by atoms with Crippen LogP contribution in [-0.2, 0) is 4.74 Å². The molecule has 0 spiro atoms. The lowest BCUT2D eigenvalue weighted by Crippen LogP contribution is -2.39. The molecule has 0 aliphatic carbocycles. The molecule has 0 aliphatic heterocycles. The first kappa shape index (κ1) is 21.5. The number of urea groups is 1. The van der Waals surface area contributed by atoms with Crippen LogP contribution < -0.4 is 14.8 Å². The molecule has 28 heavy (non-hydrogen) atoms. The first-order valence-corrected chi connectivity index (χ1v) is 9.26. The number of ether oxygens (including phenoxy) is 3. The van der Waals surface area contributed by atoms with E-state index in [0.717, 1.165) is 5.56 Å². The number of rotatable bonds is 9. The fourth-order valence-electron chi connectivity index (χ4n) is 2.61. The van der Waals surface area contributed by atoms with Gasteiger partial charge in [0.25, 0.3) is 0 Å². The average Bonchev–Trinajstić information content (AvgIpc) is 2.67. The third-order valence-electron chi connectivity index (χ3n) is 3.96. The van der Waals surface area contributed by atoms with Crippen molar-refractivity contribution in [1.82, 2.24) is 9.88 Å². The molecule has 0 bridgehead atoms. The molecular weight excluding hydrogens is 358 g/mol. The van der Waals surface area contributed by atoms with Gasteiger partial charge in [-0.1, -0.05) is 19.9 Å². The Balaban J connectivity index is 2.02. The number of aryl methyl sites for hydroxylation is 1. The van der Waals surface area contributed by atoms with Gasteiger partial charge >= 0.3 is 6.03 Å². The number of amides is 2. The second-order valence-corrected chi connectivity index (χ2v) is 6.90. The summed E-state index contributed by atoms with van der Waals surface area (Å²) in [5.41, 5.74) is 1.68. The van der Waals surface area contributed by atoms with E-state index in [1.807, 2.05) is 25.1 Å². The lowest BCUT2D eigenvalue weighted by atomic mass is 10.2. The number of aromatic nitrogens is 1. The van der Waals surface area contributed by atoms with Crippen LogP contribution in [0.3, 0.4) is 0 Å². The number of hydrogen-bond donors (Lipinski definition) is 1. The molecule has 2 aromatic rings. The first-order chi connectivity index (χ1) is 13.4. The second-order valence-electron chi connectivity index (χ2n) is 6.90. The fourth-order valence-corrected chi connectivity index (χ4v) is 2.61. The number of carbonyl (C=O) groups is 1. The Morgan fingerprint density at radius 1 is 1.18 bits per heavy atom. The van der Waals surface area contributed by atoms with E-state index < -0.39 is 0 Å². The van der Waals surface area contributed by atoms with Crippen molar-refractivity contribution in [2.24, 2.45) is 5.92 Å². The highest BCUT2D eigenvalue weighted by molar-refractivity contribution is 5.89. The number of nitrogens with one attached hydrogen (secondary N) is 1. The predicted octanol–water partition coefficient (Wildman–Crippen LogP) is 4.33. The maximum atomic E-state index is 12.5. The van der Waals surface area contributed by atoms with Gasteiger partial charge < -0.3 is 24.4 Å². The van der Waals surface area contributed by atoms with Crippen LogP contribution in [0.2, 0.25) is 0 Å². The molecule has 1 aromatic carbocycles. The molecule has 1 heterocycles. The van der Waals surface area contributed by atoms with Gasteiger partial charge in [-0.2, -0.15) is 0 Å². The Hall–Kier alpha value is -2.80. The minimum Gasteiger partial charge on any atom is -0.493 e. The van der Waals surface area contributed by atoms with E-state index in [2.05, 4.69) is 24.1 Å². The summed E-state index contributed by atoms with van der Waals surface area (Å²) < 4.78 is 16.2. The molecule has 0 fully saturated rings. The van der Waals surface area contributed by atoms with Crippen LogP contribution in [-0.4, -0.2) is 49.8 Å². The summed E-state index contributed by atoms with van der Waals surface area (Å²) in [6.07, 6.45) is 1.57. The Bertz CT molecular complexity index is 763. The largest absolute Gasteiger partial charge is 0.493 e. The molecule has 0 unspecified atom stereocenters. The zero-order valence-corrected chi connectivity index (χ0v) is 17.2. The summed E-state index contributed by atoms with van der Waals surface area (Å²) in [4.78, 5) is 18.5. The van der Waals surface area contributed by atoms with Gasteiger partial charge in [-0.3, -0.25) is 0 Å². The molecular formula is C21H29N3O4. The Morgan fingerprint density at radius 3 is 2.57 bits per heavy atom. The zero-order chi connectivity index (χ0) is 20.5. The van der Waals surface area contributed by atoms with Crippen molar-refractivity contribution in [3.8, 4) is 17.4 Å². The Kier molecular flexibility index (Phi) is 8.07. The monoisotopic (exact) mass is 387 g/mol. The predicted molar refractivity (Wildman–Crippen MR) is 109 cm³/mol. The minimum absolute atomic E-state index is 0.179. The molecule has 0 saturated heterocycles. The van der Waals surface area contributed by atoms with Crippen LogP contribution in [0.1, 0.15) is 19.4 Å². The van der Waals surface area contributed by atoms with Gasteiger partial charge in [0, 0.05) is 26.3 Å². The van der Waals surface area contributed by atoms with E-state index in [9.17, 15) is 4.79 Å². The SMILES string of the molecule is COCCN(CC(C)C)C(=O)Nc1ccc(Oc2ccc(C)cc2OC)nc1. The van der Waals surface area contributed by atoms with Gasteiger partial charge in [0.2, 0.25) is 5.88 Å². The molecule has 0 saturated carbocycles. The Labute approximate surface area is 166 Å². The van der Waals surface area contributed by atoms with Crippen molar-refractivity contribution < 1.29 is 19.0 Å². The normalized spacial score (nSPS) is 10.6. The van der Waals surface area contributed by atoms with E-state index >= 15 is 0 Å². The molecule has 152 valence electrons. The Morgan fingerprint density at radius 2 is 1.96 bits per heavy atom. The summed E-state index contributed by atoms with van der Waals surface area (Å²) in [6.45, 7) is 7.79. The molecule has 7 heteroatoms. The summed E-state index contributed by atoms with van der Waals surface area (Å²) in [7, 11) is 3.22. The number of methoxy groups -OCH3 is 2. The highest BCUT2D eigenvalue weighted by Crippen LogP contribution is 2.31. The van der Waals surface area contributed by atoms with Crippen molar-refractivity contribution in [2.45, 2.75) is 20.8 Å². The van der Waals surface area contributed by atoms with Gasteiger partial charge in [0.05, 0.1) is 25.6 Å². The van der Waals surface area contributed by atoms with Crippen LogP contribution >= 0.6 is 0 Å². The zero-order valence-electron chi connectivity index (χ0n) is 17.2. The van der Waals surface area contributed by atoms with Crippen molar-refractivity contribution in [2.75, 3.05) is 39.2 Å². The molecule has 1 N–H and O–H groups in total. The molecule has 0 radical (unpaired) electrons. The van der Waals surface area contributed by atoms with E-state index in [1.165, 1.54) is 0 Å². The molecule has 2 amide bonds. The summed E-state index contributed by atoms with van der Waals surface area (Å²) >= 11 is 0. The van der Waals surface area contributed by atoms with Crippen LogP contribution in [0.4, 0.5) is 10.5 Å². The van der Waals surface area contributed by atoms with Crippen LogP contribution in [0.15, 0.2) is 36.5 Å². The first-order valence-electron chi connectivity index (χ1n) is 9.26. The van der Waals surface area contributed by atoms with Gasteiger partial charge in [-0.15, -0.1) is 0 Å². The van der Waals surface area contributed by atoms with Crippen molar-refractivity contribution in [1.29, 1.82) is 0 Å². The van der Waals surface area contributed by atoms with Gasteiger partial charge in [0.1, 0.15) is 0 Å². The highest BCUT2D eigenvalue weighted by Gasteiger charge is 2.15. The van der Waals surface area contributed by atoms with E-state index in [4.69, 9.17) is 14.2 Å². The third kappa shape index (κ3) is 6.42. The van der Waals surface area contributed by atoms with Crippen LogP contribution in [0.5, 0.6) is 17.4 Å². The molecule has 1 aromatic heterocycles. The average molecular weight is 387 g/mol. The summed E-state index contributed by atoms with van der Waals surface area (Å²) in [5, 5.41) is 2.87. The van der Waals surface area contributed by atoms with Crippen LogP contribution in [0.25, 0.3) is 0 Å². The maximum Gasteiger partial charge on any atom is 0.321 e. The topological polar surface area (TPSA) is 72.9 Å². The second kappa shape index (κ2) is 10.5. The van der Waals surface area contributed by atoms with E-state index in [0.29, 0.717) is 48.7 Å². The number of pyridine rings is 1. The fraction of sp³-hybridized carbons (Fsp3) is 0.429. The number of nitrogens with zero attached hydrogens (tertiary/aromatic N) is 2. The van der Waals surface area contributed by atoms with Gasteiger partial charge in [-0.25, -0.2) is 9.78 Å². The summed E-state index contributed by atoms with van der Waals surface area (Å²) in [6, 6.07) is 8.96. The number of carbonyl (C=O) groups excluding carboxylic acids is 1. The molecule has 0 aliphatic rings. The third-order valence-corrected chi connectivity index (χ3v) is 3.96. The smallest absolute Gasteiger partial charge is 0.321 e. The van der Waals surface area contributed by atoms with E-state index in [1.54, 1.807) is 37.4 Å². The quantitative estimate of drug-likeness (QED) is 0.693. The standard InChI is InChI=1S/C21H29N3O4/c1-15(2)14-24(10-11-26-4)21(25)23-17-7-9-20(22-13-17)28-18-8-6-16(3)12-19(18)27-5/h6-9,12-13,15H,10-11,14H2,1-5H3,(H,23,25). The van der Waals surface area contributed by atoms with Crippen molar-refractivity contribution in [3.05, 3.63) is 42.1 Å². The minimum atomic E-state index is -0.179. The molecule has 0 atom stereocenters. The number of anilines is 1.